The van der Waals surface area contributed by atoms with Crippen LogP contribution < -0.4 is 15.8 Å². The van der Waals surface area contributed by atoms with Gasteiger partial charge in [0.05, 0.1) is 18.0 Å². The molecular formula is C39H38N8O6S. The van der Waals surface area contributed by atoms with E-state index in [9.17, 15) is 19.2 Å². The molecule has 0 spiro atoms. The molecule has 3 N–H and O–H groups in total. The van der Waals surface area contributed by atoms with Gasteiger partial charge in [-0.2, -0.15) is 5.10 Å². The molecule has 3 aliphatic rings. The zero-order chi connectivity index (χ0) is 37.2. The highest BCUT2D eigenvalue weighted by Crippen LogP contribution is 2.36. The van der Waals surface area contributed by atoms with Crippen molar-refractivity contribution in [2.24, 2.45) is 0 Å². The number of hydrogen-bond acceptors (Lipinski definition) is 11. The maximum atomic E-state index is 13.3. The molecule has 15 heteroatoms. The smallest absolute Gasteiger partial charge is 0.255 e. The summed E-state index contributed by atoms with van der Waals surface area (Å²) in [6, 6.07) is 22.0. The highest BCUT2D eigenvalue weighted by molar-refractivity contribution is 7.99. The van der Waals surface area contributed by atoms with Gasteiger partial charge in [0, 0.05) is 47.8 Å². The van der Waals surface area contributed by atoms with Crippen LogP contribution >= 0.6 is 11.8 Å². The molecule has 0 bridgehead atoms. The zero-order valence-electron chi connectivity index (χ0n) is 29.3. The van der Waals surface area contributed by atoms with Crippen LogP contribution in [0.15, 0.2) is 84.0 Å². The van der Waals surface area contributed by atoms with Crippen LogP contribution in [0.3, 0.4) is 0 Å². The van der Waals surface area contributed by atoms with Gasteiger partial charge in [-0.15, -0.1) is 11.8 Å². The first-order chi connectivity index (χ1) is 26.3. The van der Waals surface area contributed by atoms with E-state index in [4.69, 9.17) is 20.3 Å². The number of anilines is 1. The Morgan fingerprint density at radius 2 is 1.78 bits per heavy atom. The monoisotopic (exact) mass is 746 g/mol. The number of benzene rings is 3. The number of fused-ring (bicyclic) bond motifs is 2. The van der Waals surface area contributed by atoms with E-state index < -0.39 is 11.9 Å². The minimum absolute atomic E-state index is 0.0560. The molecule has 0 radical (unpaired) electrons. The van der Waals surface area contributed by atoms with Gasteiger partial charge >= 0.3 is 0 Å². The molecule has 276 valence electrons. The molecule has 2 atom stereocenters. The normalized spacial score (nSPS) is 18.6. The van der Waals surface area contributed by atoms with Crippen molar-refractivity contribution in [3.8, 4) is 22.8 Å². The number of thioether (sulfide) groups is 1. The van der Waals surface area contributed by atoms with E-state index in [-0.39, 0.29) is 36.8 Å². The summed E-state index contributed by atoms with van der Waals surface area (Å²) in [5.74, 6) is 1.29. The van der Waals surface area contributed by atoms with Crippen molar-refractivity contribution in [2.45, 2.75) is 49.2 Å². The molecule has 2 saturated heterocycles. The molecule has 5 heterocycles. The lowest BCUT2D eigenvalue weighted by Crippen LogP contribution is -2.52. The number of piperidine rings is 2. The second-order valence-corrected chi connectivity index (χ2v) is 14.5. The fourth-order valence-corrected chi connectivity index (χ4v) is 8.24. The topological polar surface area (TPSA) is 175 Å². The Balaban J connectivity index is 0.873. The van der Waals surface area contributed by atoms with Gasteiger partial charge in [-0.25, -0.2) is 14.6 Å². The van der Waals surface area contributed by atoms with Crippen LogP contribution in [0.4, 0.5) is 5.82 Å². The summed E-state index contributed by atoms with van der Waals surface area (Å²) in [6.45, 7) is 1.66. The van der Waals surface area contributed by atoms with Gasteiger partial charge in [0.15, 0.2) is 5.65 Å². The van der Waals surface area contributed by atoms with Crippen molar-refractivity contribution in [2.75, 3.05) is 37.8 Å². The molecule has 14 nitrogen and oxygen atoms in total. The molecule has 8 rings (SSSR count). The molecule has 2 aromatic heterocycles. The lowest BCUT2D eigenvalue weighted by atomic mass is 10.0. The number of hydrogen-bond donors (Lipinski definition) is 2. The summed E-state index contributed by atoms with van der Waals surface area (Å²) in [6.07, 6.45) is 3.57. The SMILES string of the molecule is Nc1ncnc2c1c(-c1ccc(Oc3ccccc3)cc1)nn2C1CCCN(C(=O)COCCSc2cccc3c2CN(C2CCC(=O)NC2=O)C3=O)C1. The van der Waals surface area contributed by atoms with Gasteiger partial charge < -0.3 is 25.0 Å². The van der Waals surface area contributed by atoms with Crippen LogP contribution in [-0.4, -0.2) is 91.3 Å². The average molecular weight is 747 g/mol. The highest BCUT2D eigenvalue weighted by Gasteiger charge is 2.40. The fourth-order valence-electron chi connectivity index (χ4n) is 7.29. The number of amides is 4. The number of nitrogens with two attached hydrogens (primary N) is 1. The molecular weight excluding hydrogens is 709 g/mol. The van der Waals surface area contributed by atoms with E-state index in [1.54, 1.807) is 22.7 Å². The Morgan fingerprint density at radius 1 is 0.963 bits per heavy atom. The maximum absolute atomic E-state index is 13.3. The van der Waals surface area contributed by atoms with Crippen molar-refractivity contribution in [3.63, 3.8) is 0 Å². The van der Waals surface area contributed by atoms with Gasteiger partial charge in [0.2, 0.25) is 17.7 Å². The zero-order valence-corrected chi connectivity index (χ0v) is 30.2. The molecule has 4 amide bonds. The summed E-state index contributed by atoms with van der Waals surface area (Å²) in [5.41, 5.74) is 9.94. The number of nitrogens with one attached hydrogen (secondary N) is 1. The van der Waals surface area contributed by atoms with E-state index in [0.717, 1.165) is 34.6 Å². The number of aromatic nitrogens is 4. The number of para-hydroxylation sites is 1. The predicted octanol–water partition coefficient (Wildman–Crippen LogP) is 4.60. The first kappa shape index (κ1) is 35.2. The van der Waals surface area contributed by atoms with Crippen molar-refractivity contribution in [1.29, 1.82) is 0 Å². The molecule has 5 aromatic rings. The van der Waals surface area contributed by atoms with Gasteiger partial charge in [-0.3, -0.25) is 24.5 Å². The lowest BCUT2D eigenvalue weighted by molar-refractivity contribution is -0.138. The molecule has 2 fully saturated rings. The minimum Gasteiger partial charge on any atom is -0.457 e. The number of nitrogen functional groups attached to an aromatic ring is 1. The molecule has 0 saturated carbocycles. The van der Waals surface area contributed by atoms with Crippen LogP contribution in [0.5, 0.6) is 11.5 Å². The number of likely N-dealkylation sites (tertiary alicyclic amines) is 1. The van der Waals surface area contributed by atoms with Crippen LogP contribution in [0.25, 0.3) is 22.3 Å². The summed E-state index contributed by atoms with van der Waals surface area (Å²) < 4.78 is 13.7. The molecule has 54 heavy (non-hydrogen) atoms. The van der Waals surface area contributed by atoms with Crippen LogP contribution in [0.2, 0.25) is 0 Å². The Hall–Kier alpha value is -5.80. The van der Waals surface area contributed by atoms with E-state index in [0.29, 0.717) is 72.3 Å². The number of carbonyl (C=O) groups is 4. The van der Waals surface area contributed by atoms with Gasteiger partial charge in [-0.05, 0) is 73.4 Å². The quantitative estimate of drug-likeness (QED) is 0.110. The summed E-state index contributed by atoms with van der Waals surface area (Å²) in [4.78, 5) is 63.7. The Bertz CT molecular complexity index is 2230. The number of carbonyl (C=O) groups excluding carboxylic acids is 4. The molecule has 3 aliphatic heterocycles. The second kappa shape index (κ2) is 15.3. The summed E-state index contributed by atoms with van der Waals surface area (Å²) in [7, 11) is 0. The Labute approximate surface area is 315 Å². The minimum atomic E-state index is -0.664. The predicted molar refractivity (Wildman–Crippen MR) is 201 cm³/mol. The van der Waals surface area contributed by atoms with Crippen LogP contribution in [0.1, 0.15) is 47.6 Å². The van der Waals surface area contributed by atoms with E-state index >= 15 is 0 Å². The summed E-state index contributed by atoms with van der Waals surface area (Å²) >= 11 is 1.54. The van der Waals surface area contributed by atoms with E-state index in [1.165, 1.54) is 6.33 Å². The van der Waals surface area contributed by atoms with E-state index in [2.05, 4.69) is 15.3 Å². The van der Waals surface area contributed by atoms with Crippen molar-refractivity contribution >= 4 is 52.2 Å². The summed E-state index contributed by atoms with van der Waals surface area (Å²) in [5, 5.41) is 8.00. The lowest BCUT2D eigenvalue weighted by Gasteiger charge is -2.33. The molecule has 3 aromatic carbocycles. The average Bonchev–Trinajstić information content (AvgIpc) is 3.75. The van der Waals surface area contributed by atoms with Gasteiger partial charge in [-0.1, -0.05) is 24.3 Å². The first-order valence-corrected chi connectivity index (χ1v) is 18.9. The van der Waals surface area contributed by atoms with Crippen molar-refractivity contribution in [3.05, 3.63) is 90.3 Å². The number of rotatable bonds is 11. The number of ether oxygens (including phenoxy) is 2. The number of imide groups is 1. The fraction of sp³-hybridized carbons (Fsp3) is 0.308. The third-order valence-corrected chi connectivity index (χ3v) is 11.0. The van der Waals surface area contributed by atoms with Gasteiger partial charge in [0.1, 0.15) is 42.0 Å². The third kappa shape index (κ3) is 7.11. The largest absolute Gasteiger partial charge is 0.457 e. The van der Waals surface area contributed by atoms with Gasteiger partial charge in [0.25, 0.3) is 5.91 Å². The van der Waals surface area contributed by atoms with Crippen molar-refractivity contribution in [1.82, 2.24) is 34.9 Å². The first-order valence-electron chi connectivity index (χ1n) is 17.9. The highest BCUT2D eigenvalue weighted by atomic mass is 32.2. The third-order valence-electron chi connectivity index (χ3n) is 9.97. The Kier molecular flexibility index (Phi) is 9.97. The second-order valence-electron chi connectivity index (χ2n) is 13.4. The molecule has 0 aliphatic carbocycles. The standard InChI is InChI=1S/C39H38N8O6S/c40-36-34-35(24-11-13-27(14-12-24)53-26-7-2-1-3-8-26)44-47(37(34)42-23-41-36)25-6-5-17-45(20-25)33(49)22-52-18-19-54-31-10-4-9-28-29(31)21-46(39(28)51)30-15-16-32(48)43-38(30)50/h1-4,7-14,23,25,30H,5-6,15-22H2,(H2,40,41,42)(H,43,48,50). The Morgan fingerprint density at radius 3 is 2.59 bits per heavy atom. The van der Waals surface area contributed by atoms with Crippen molar-refractivity contribution < 1.29 is 28.7 Å². The van der Waals surface area contributed by atoms with Crippen LogP contribution in [0, 0.1) is 0 Å². The van der Waals surface area contributed by atoms with Crippen LogP contribution in [-0.2, 0) is 25.7 Å². The molecule has 2 unspecified atom stereocenters. The number of nitrogens with zero attached hydrogens (tertiary/aromatic N) is 6. The maximum Gasteiger partial charge on any atom is 0.255 e. The van der Waals surface area contributed by atoms with E-state index in [1.807, 2.05) is 76.3 Å².